The highest BCUT2D eigenvalue weighted by Crippen LogP contribution is 2.38. The lowest BCUT2D eigenvalue weighted by Crippen LogP contribution is -2.15. The number of benzene rings is 2. The molecule has 0 saturated carbocycles. The van der Waals surface area contributed by atoms with Crippen molar-refractivity contribution < 1.29 is 33.2 Å². The first-order valence-corrected chi connectivity index (χ1v) is 11.2. The van der Waals surface area contributed by atoms with E-state index in [0.717, 1.165) is 11.1 Å². The number of rotatable bonds is 0. The molecule has 0 atom stereocenters. The molecule has 9 nitrogen and oxygen atoms in total. The molecular formula is C24H34N2O7. The minimum Gasteiger partial charge on any atom is -0.490 e. The molecule has 33 heavy (non-hydrogen) atoms. The molecular weight excluding hydrogens is 428 g/mol. The maximum Gasteiger partial charge on any atom is 0.129 e. The molecule has 0 aliphatic carbocycles. The van der Waals surface area contributed by atoms with E-state index < -0.39 is 0 Å². The van der Waals surface area contributed by atoms with Gasteiger partial charge in [0.2, 0.25) is 0 Å². The highest BCUT2D eigenvalue weighted by atomic mass is 16.6. The third-order valence-electron chi connectivity index (χ3n) is 4.76. The standard InChI is InChI=1S/C24H34N2O7/c25-19-1-3-21-22-4-2-20(26)18-24(22)33-16-14-31-12-10-29-8-6-27-5-7-28-9-11-30-13-15-32-23(21)17-19/h1-4,17-18H,5-16,25-26H2. The first-order chi connectivity index (χ1) is 16.2. The maximum atomic E-state index is 6.00. The lowest BCUT2D eigenvalue weighted by atomic mass is 10.0. The summed E-state index contributed by atoms with van der Waals surface area (Å²) in [6.07, 6.45) is 0. The first kappa shape index (κ1) is 25.1. The van der Waals surface area contributed by atoms with Gasteiger partial charge < -0.3 is 44.6 Å². The Morgan fingerprint density at radius 2 is 0.727 bits per heavy atom. The molecule has 0 amide bonds. The van der Waals surface area contributed by atoms with Crippen LogP contribution in [0.1, 0.15) is 0 Å². The van der Waals surface area contributed by atoms with Crippen LogP contribution < -0.4 is 20.9 Å². The Balaban J connectivity index is 1.67. The van der Waals surface area contributed by atoms with Crippen molar-refractivity contribution in [2.75, 3.05) is 90.7 Å². The van der Waals surface area contributed by atoms with Gasteiger partial charge in [-0.2, -0.15) is 0 Å². The second-order valence-corrected chi connectivity index (χ2v) is 7.27. The van der Waals surface area contributed by atoms with Crippen LogP contribution in [0.5, 0.6) is 11.5 Å². The fraction of sp³-hybridized carbons (Fsp3) is 0.500. The predicted octanol–water partition coefficient (Wildman–Crippen LogP) is 2.37. The summed E-state index contributed by atoms with van der Waals surface area (Å²) in [6, 6.07) is 11.1. The second-order valence-electron chi connectivity index (χ2n) is 7.27. The average molecular weight is 463 g/mol. The molecule has 1 aliphatic heterocycles. The quantitative estimate of drug-likeness (QED) is 0.569. The van der Waals surface area contributed by atoms with Gasteiger partial charge in [-0.25, -0.2) is 0 Å². The van der Waals surface area contributed by atoms with Crippen molar-refractivity contribution in [2.24, 2.45) is 0 Å². The molecule has 0 spiro atoms. The van der Waals surface area contributed by atoms with Crippen molar-refractivity contribution in [3.8, 4) is 22.6 Å². The van der Waals surface area contributed by atoms with E-state index in [2.05, 4.69) is 0 Å². The minimum absolute atomic E-state index is 0.374. The van der Waals surface area contributed by atoms with Gasteiger partial charge in [-0.05, 0) is 24.3 Å². The SMILES string of the molecule is Nc1ccc2c(c1)OCCOCCOCCOCCOCCOCCOc1cc(N)ccc1-2. The summed E-state index contributed by atoms with van der Waals surface area (Å²) in [5.74, 6) is 1.29. The van der Waals surface area contributed by atoms with Gasteiger partial charge in [0.05, 0.1) is 66.1 Å². The van der Waals surface area contributed by atoms with E-state index in [9.17, 15) is 0 Å². The van der Waals surface area contributed by atoms with Crippen LogP contribution in [0.15, 0.2) is 36.4 Å². The Labute approximate surface area is 194 Å². The molecule has 0 aromatic heterocycles. The summed E-state index contributed by atoms with van der Waals surface area (Å²) < 4.78 is 39.6. The van der Waals surface area contributed by atoms with Gasteiger partial charge in [-0.1, -0.05) is 0 Å². The normalized spacial score (nSPS) is 18.2. The summed E-state index contributed by atoms with van der Waals surface area (Å²) in [5.41, 5.74) is 14.9. The van der Waals surface area contributed by atoms with E-state index in [1.807, 2.05) is 24.3 Å². The van der Waals surface area contributed by atoms with Crippen molar-refractivity contribution in [1.29, 1.82) is 0 Å². The molecule has 9 heteroatoms. The van der Waals surface area contributed by atoms with Crippen LogP contribution in [-0.4, -0.2) is 79.3 Å². The summed E-state index contributed by atoms with van der Waals surface area (Å²) in [7, 11) is 0. The molecule has 3 rings (SSSR count). The van der Waals surface area contributed by atoms with Gasteiger partial charge in [0.1, 0.15) is 24.7 Å². The van der Waals surface area contributed by atoms with Crippen LogP contribution in [0, 0.1) is 0 Å². The van der Waals surface area contributed by atoms with Crippen LogP contribution in [0.2, 0.25) is 0 Å². The van der Waals surface area contributed by atoms with Crippen molar-refractivity contribution in [3.05, 3.63) is 36.4 Å². The number of fused-ring (bicyclic) bond motifs is 3. The van der Waals surface area contributed by atoms with Crippen molar-refractivity contribution in [3.63, 3.8) is 0 Å². The van der Waals surface area contributed by atoms with Crippen LogP contribution in [0.25, 0.3) is 11.1 Å². The smallest absolute Gasteiger partial charge is 0.129 e. The summed E-state index contributed by atoms with van der Waals surface area (Å²) in [5, 5.41) is 0. The fourth-order valence-corrected chi connectivity index (χ4v) is 3.16. The van der Waals surface area contributed by atoms with E-state index in [1.54, 1.807) is 12.1 Å². The largest absolute Gasteiger partial charge is 0.490 e. The Hall–Kier alpha value is -2.56. The van der Waals surface area contributed by atoms with Crippen molar-refractivity contribution in [2.45, 2.75) is 0 Å². The highest BCUT2D eigenvalue weighted by Gasteiger charge is 2.13. The summed E-state index contributed by atoms with van der Waals surface area (Å²) in [6.45, 7) is 5.60. The predicted molar refractivity (Wildman–Crippen MR) is 126 cm³/mol. The summed E-state index contributed by atoms with van der Waals surface area (Å²) >= 11 is 0. The number of ether oxygens (including phenoxy) is 7. The molecule has 1 aliphatic rings. The van der Waals surface area contributed by atoms with Crippen LogP contribution in [0.4, 0.5) is 11.4 Å². The Morgan fingerprint density at radius 3 is 1.06 bits per heavy atom. The highest BCUT2D eigenvalue weighted by molar-refractivity contribution is 5.79. The number of nitrogen functional groups attached to an aromatic ring is 2. The molecule has 182 valence electrons. The van der Waals surface area contributed by atoms with E-state index in [4.69, 9.17) is 44.6 Å². The van der Waals surface area contributed by atoms with Crippen LogP contribution in [0.3, 0.4) is 0 Å². The minimum atomic E-state index is 0.374. The lowest BCUT2D eigenvalue weighted by Gasteiger charge is -2.17. The van der Waals surface area contributed by atoms with Crippen molar-refractivity contribution in [1.82, 2.24) is 0 Å². The Bertz CT molecular complexity index is 767. The molecule has 1 heterocycles. The topological polar surface area (TPSA) is 117 Å². The maximum absolute atomic E-state index is 6.00. The molecule has 2 aromatic carbocycles. The molecule has 4 N–H and O–H groups in total. The average Bonchev–Trinajstić information content (AvgIpc) is 2.80. The monoisotopic (exact) mass is 462 g/mol. The van der Waals surface area contributed by atoms with Gasteiger partial charge >= 0.3 is 0 Å². The summed E-state index contributed by atoms with van der Waals surface area (Å²) in [4.78, 5) is 0. The number of hydrogen-bond donors (Lipinski definition) is 2. The zero-order valence-electron chi connectivity index (χ0n) is 19.0. The molecule has 0 unspecified atom stereocenters. The first-order valence-electron chi connectivity index (χ1n) is 11.2. The van der Waals surface area contributed by atoms with Gasteiger partial charge in [0, 0.05) is 34.6 Å². The van der Waals surface area contributed by atoms with Crippen LogP contribution >= 0.6 is 0 Å². The second kappa shape index (κ2) is 14.6. The third kappa shape index (κ3) is 9.07. The third-order valence-corrected chi connectivity index (χ3v) is 4.76. The Morgan fingerprint density at radius 1 is 0.424 bits per heavy atom. The molecule has 0 radical (unpaired) electrons. The number of hydrogen-bond acceptors (Lipinski definition) is 9. The lowest BCUT2D eigenvalue weighted by molar-refractivity contribution is -0.0141. The molecule has 0 fully saturated rings. The van der Waals surface area contributed by atoms with Crippen LogP contribution in [-0.2, 0) is 23.7 Å². The molecule has 2 aromatic rings. The fourth-order valence-electron chi connectivity index (χ4n) is 3.16. The van der Waals surface area contributed by atoms with E-state index in [-0.39, 0.29) is 0 Å². The zero-order chi connectivity index (χ0) is 23.1. The van der Waals surface area contributed by atoms with E-state index in [1.165, 1.54) is 0 Å². The van der Waals surface area contributed by atoms with Gasteiger partial charge in [-0.3, -0.25) is 0 Å². The van der Waals surface area contributed by atoms with Gasteiger partial charge in [0.15, 0.2) is 0 Å². The molecule has 0 bridgehead atoms. The van der Waals surface area contributed by atoms with E-state index in [0.29, 0.717) is 102 Å². The molecule has 0 saturated heterocycles. The van der Waals surface area contributed by atoms with Gasteiger partial charge in [0.25, 0.3) is 0 Å². The zero-order valence-corrected chi connectivity index (χ0v) is 19.0. The number of nitrogens with two attached hydrogens (primary N) is 2. The Kier molecular flexibility index (Phi) is 11.1. The van der Waals surface area contributed by atoms with E-state index >= 15 is 0 Å². The number of anilines is 2. The van der Waals surface area contributed by atoms with Gasteiger partial charge in [-0.15, -0.1) is 0 Å². The van der Waals surface area contributed by atoms with Crippen molar-refractivity contribution >= 4 is 11.4 Å².